The normalized spacial score (nSPS) is 15.4. The van der Waals surface area contributed by atoms with Gasteiger partial charge < -0.3 is 10.1 Å². The number of ether oxygens (including phenoxy) is 1. The van der Waals surface area contributed by atoms with Gasteiger partial charge in [0.2, 0.25) is 5.91 Å². The van der Waals surface area contributed by atoms with Crippen LogP contribution < -0.4 is 10.1 Å². The van der Waals surface area contributed by atoms with Crippen molar-refractivity contribution in [2.75, 3.05) is 18.2 Å². The molecule has 3 rings (SSSR count). The molecule has 0 bridgehead atoms. The molecule has 0 saturated heterocycles. The number of hydrogen-bond acceptors (Lipinski definition) is 5. The zero-order valence-corrected chi connectivity index (χ0v) is 17.5. The van der Waals surface area contributed by atoms with Gasteiger partial charge >= 0.3 is 0 Å². The van der Waals surface area contributed by atoms with Crippen LogP contribution in [-0.4, -0.2) is 23.8 Å². The summed E-state index contributed by atoms with van der Waals surface area (Å²) < 4.78 is 5.10. The Morgan fingerprint density at radius 1 is 1.46 bits per heavy atom. The molecule has 1 heterocycles. The SMILES string of the molecule is COc1ccc(NC(=O)CCSc2nc3c(cc2C#N)CC(C)CC3)cc1Cl. The van der Waals surface area contributed by atoms with E-state index in [1.165, 1.54) is 17.3 Å². The molecule has 0 saturated carbocycles. The summed E-state index contributed by atoms with van der Waals surface area (Å²) in [5, 5.41) is 13.4. The molecule has 1 aliphatic rings. The minimum Gasteiger partial charge on any atom is -0.495 e. The summed E-state index contributed by atoms with van der Waals surface area (Å²) in [4.78, 5) is 16.9. The van der Waals surface area contributed by atoms with Crippen molar-refractivity contribution in [2.24, 2.45) is 5.92 Å². The highest BCUT2D eigenvalue weighted by atomic mass is 35.5. The first kappa shape index (κ1) is 20.5. The molecule has 1 aromatic carbocycles. The van der Waals surface area contributed by atoms with Crippen molar-refractivity contribution in [3.05, 3.63) is 46.1 Å². The smallest absolute Gasteiger partial charge is 0.225 e. The van der Waals surface area contributed by atoms with Gasteiger partial charge in [0, 0.05) is 23.6 Å². The number of nitrogens with zero attached hydrogens (tertiary/aromatic N) is 2. The highest BCUT2D eigenvalue weighted by Crippen LogP contribution is 2.30. The predicted molar refractivity (Wildman–Crippen MR) is 112 cm³/mol. The zero-order chi connectivity index (χ0) is 20.1. The first-order chi connectivity index (χ1) is 13.5. The maximum atomic E-state index is 12.2. The van der Waals surface area contributed by atoms with Crippen molar-refractivity contribution in [1.29, 1.82) is 5.26 Å². The molecule has 1 amide bonds. The van der Waals surface area contributed by atoms with Gasteiger partial charge in [-0.05, 0) is 55.0 Å². The first-order valence-electron chi connectivity index (χ1n) is 9.19. The molecule has 1 atom stereocenters. The third kappa shape index (κ3) is 4.98. The molecule has 1 aliphatic carbocycles. The summed E-state index contributed by atoms with van der Waals surface area (Å²) in [6.07, 6.45) is 3.38. The van der Waals surface area contributed by atoms with Crippen LogP contribution in [0.3, 0.4) is 0 Å². The van der Waals surface area contributed by atoms with Crippen molar-refractivity contribution in [1.82, 2.24) is 4.98 Å². The van der Waals surface area contributed by atoms with E-state index < -0.39 is 0 Å². The number of carbonyl (C=O) groups excluding carboxylic acids is 1. The number of aryl methyl sites for hydroxylation is 1. The Balaban J connectivity index is 1.58. The summed E-state index contributed by atoms with van der Waals surface area (Å²) in [6, 6.07) is 9.33. The van der Waals surface area contributed by atoms with Crippen molar-refractivity contribution in [2.45, 2.75) is 37.6 Å². The molecule has 0 radical (unpaired) electrons. The lowest BCUT2D eigenvalue weighted by molar-refractivity contribution is -0.115. The van der Waals surface area contributed by atoms with E-state index in [0.717, 1.165) is 30.0 Å². The lowest BCUT2D eigenvalue weighted by Gasteiger charge is -2.21. The minimum absolute atomic E-state index is 0.112. The minimum atomic E-state index is -0.112. The van der Waals surface area contributed by atoms with Crippen molar-refractivity contribution in [3.8, 4) is 11.8 Å². The summed E-state index contributed by atoms with van der Waals surface area (Å²) in [5.41, 5.74) is 3.51. The summed E-state index contributed by atoms with van der Waals surface area (Å²) in [7, 11) is 1.54. The standard InChI is InChI=1S/C21H22ClN3O2S/c1-13-3-5-18-14(9-13)10-15(12-23)21(25-18)28-8-7-20(26)24-16-4-6-19(27-2)17(22)11-16/h4,6,10-11,13H,3,5,7-9H2,1-2H3,(H,24,26). The summed E-state index contributed by atoms with van der Waals surface area (Å²) in [6.45, 7) is 2.23. The van der Waals surface area contributed by atoms with Crippen molar-refractivity contribution >= 4 is 35.0 Å². The van der Waals surface area contributed by atoms with Gasteiger partial charge in [0.25, 0.3) is 0 Å². The maximum Gasteiger partial charge on any atom is 0.225 e. The van der Waals surface area contributed by atoms with Crippen LogP contribution in [-0.2, 0) is 17.6 Å². The number of rotatable bonds is 6. The molecule has 0 spiro atoms. The van der Waals surface area contributed by atoms with E-state index in [0.29, 0.717) is 40.1 Å². The third-order valence-electron chi connectivity index (χ3n) is 4.72. The largest absolute Gasteiger partial charge is 0.495 e. The number of amides is 1. The van der Waals surface area contributed by atoms with Crippen LogP contribution in [0.1, 0.15) is 36.6 Å². The Morgan fingerprint density at radius 3 is 3.00 bits per heavy atom. The average molecular weight is 416 g/mol. The molecule has 1 aromatic heterocycles. The molecular weight excluding hydrogens is 394 g/mol. The fourth-order valence-corrected chi connectivity index (χ4v) is 4.40. The van der Waals surface area contributed by atoms with Crippen LogP contribution in [0.15, 0.2) is 29.3 Å². The quantitative estimate of drug-likeness (QED) is 0.682. The Labute approximate surface area is 174 Å². The van der Waals surface area contributed by atoms with E-state index in [1.54, 1.807) is 25.3 Å². The van der Waals surface area contributed by atoms with Gasteiger partial charge in [-0.2, -0.15) is 5.26 Å². The van der Waals surface area contributed by atoms with Gasteiger partial charge in [-0.3, -0.25) is 4.79 Å². The van der Waals surface area contributed by atoms with E-state index in [1.807, 2.05) is 6.07 Å². The van der Waals surface area contributed by atoms with E-state index in [9.17, 15) is 10.1 Å². The second kappa shape index (κ2) is 9.31. The monoisotopic (exact) mass is 415 g/mol. The van der Waals surface area contributed by atoms with Crippen molar-refractivity contribution in [3.63, 3.8) is 0 Å². The van der Waals surface area contributed by atoms with Crippen molar-refractivity contribution < 1.29 is 9.53 Å². The number of aromatic nitrogens is 1. The van der Waals surface area contributed by atoms with Crippen LogP contribution in [0, 0.1) is 17.2 Å². The number of carbonyl (C=O) groups is 1. The Hall–Kier alpha value is -2.23. The Morgan fingerprint density at radius 2 is 2.29 bits per heavy atom. The number of pyridine rings is 1. The number of halogens is 1. The topological polar surface area (TPSA) is 75.0 Å². The van der Waals surface area contributed by atoms with Gasteiger partial charge in [-0.25, -0.2) is 4.98 Å². The zero-order valence-electron chi connectivity index (χ0n) is 15.9. The van der Waals surface area contributed by atoms with Gasteiger partial charge in [-0.1, -0.05) is 18.5 Å². The lowest BCUT2D eigenvalue weighted by atomic mass is 9.87. The molecule has 0 aliphatic heterocycles. The third-order valence-corrected chi connectivity index (χ3v) is 6.01. The molecule has 28 heavy (non-hydrogen) atoms. The fraction of sp³-hybridized carbons (Fsp3) is 0.381. The second-order valence-corrected chi connectivity index (χ2v) is 8.39. The Kier molecular flexibility index (Phi) is 6.82. The molecular formula is C21H22ClN3O2S. The van der Waals surface area contributed by atoms with Gasteiger partial charge in [0.1, 0.15) is 16.8 Å². The number of anilines is 1. The average Bonchev–Trinajstić information content (AvgIpc) is 2.67. The maximum absolute atomic E-state index is 12.2. The number of hydrogen-bond donors (Lipinski definition) is 1. The van der Waals surface area contributed by atoms with Crippen LogP contribution in [0.2, 0.25) is 5.02 Å². The molecule has 1 unspecified atom stereocenters. The number of thioether (sulfide) groups is 1. The molecule has 7 heteroatoms. The highest BCUT2D eigenvalue weighted by molar-refractivity contribution is 7.99. The highest BCUT2D eigenvalue weighted by Gasteiger charge is 2.19. The van der Waals surface area contributed by atoms with E-state index >= 15 is 0 Å². The molecule has 1 N–H and O–H groups in total. The van der Waals surface area contributed by atoms with Gasteiger partial charge in [-0.15, -0.1) is 11.8 Å². The van der Waals surface area contributed by atoms with E-state index in [4.69, 9.17) is 21.3 Å². The number of methoxy groups -OCH3 is 1. The van der Waals surface area contributed by atoms with Crippen LogP contribution in [0.5, 0.6) is 5.75 Å². The molecule has 2 aromatic rings. The number of benzene rings is 1. The lowest BCUT2D eigenvalue weighted by Crippen LogP contribution is -2.14. The van der Waals surface area contributed by atoms with Crippen LogP contribution >= 0.6 is 23.4 Å². The van der Waals surface area contributed by atoms with Crippen LogP contribution in [0.25, 0.3) is 0 Å². The fourth-order valence-electron chi connectivity index (χ4n) is 3.23. The predicted octanol–water partition coefficient (Wildman–Crippen LogP) is 4.86. The van der Waals surface area contributed by atoms with E-state index in [2.05, 4.69) is 18.3 Å². The number of nitriles is 1. The van der Waals surface area contributed by atoms with Gasteiger partial charge in [0.15, 0.2) is 0 Å². The molecule has 0 fully saturated rings. The van der Waals surface area contributed by atoms with Crippen LogP contribution in [0.4, 0.5) is 5.69 Å². The Bertz CT molecular complexity index is 927. The van der Waals surface area contributed by atoms with Gasteiger partial charge in [0.05, 0.1) is 17.7 Å². The molecule has 146 valence electrons. The summed E-state index contributed by atoms with van der Waals surface area (Å²) in [5.74, 6) is 1.63. The van der Waals surface area contributed by atoms with E-state index in [-0.39, 0.29) is 5.91 Å². The summed E-state index contributed by atoms with van der Waals surface area (Å²) >= 11 is 7.53. The number of fused-ring (bicyclic) bond motifs is 1. The second-order valence-electron chi connectivity index (χ2n) is 6.90. The molecule has 5 nitrogen and oxygen atoms in total. The number of nitrogens with one attached hydrogen (secondary N) is 1. The first-order valence-corrected chi connectivity index (χ1v) is 10.6.